The van der Waals surface area contributed by atoms with Gasteiger partial charge in [-0.05, 0) is 12.0 Å². The highest BCUT2D eigenvalue weighted by Gasteiger charge is 2.10. The van der Waals surface area contributed by atoms with Gasteiger partial charge < -0.3 is 4.74 Å². The molecule has 0 heterocycles. The van der Waals surface area contributed by atoms with E-state index in [-0.39, 0.29) is 19.4 Å². The van der Waals surface area contributed by atoms with Gasteiger partial charge in [-0.3, -0.25) is 9.68 Å². The summed E-state index contributed by atoms with van der Waals surface area (Å²) in [6, 6.07) is 9.44. The molecule has 0 aromatic heterocycles. The number of esters is 1. The van der Waals surface area contributed by atoms with Gasteiger partial charge in [0.1, 0.15) is 6.61 Å². The second kappa shape index (κ2) is 22.9. The summed E-state index contributed by atoms with van der Waals surface area (Å²) in [5.41, 5.74) is 0.917. The first-order chi connectivity index (χ1) is 16.7. The van der Waals surface area contributed by atoms with Gasteiger partial charge in [0.25, 0.3) is 0 Å². The van der Waals surface area contributed by atoms with Crippen molar-refractivity contribution in [3.05, 3.63) is 35.9 Å². The minimum atomic E-state index is -0.534. The summed E-state index contributed by atoms with van der Waals surface area (Å²) in [5.74, 6) is -0.952. The summed E-state index contributed by atoms with van der Waals surface area (Å²) < 4.78 is 5.13. The summed E-state index contributed by atoms with van der Waals surface area (Å²) in [4.78, 5) is 33.0. The standard InChI is InChI=1S/C29H48O5/c1-2-3-4-5-6-7-8-9-10-11-12-13-14-15-16-20-25-33-34-29(31)24-23-28(30)32-26-27-21-18-17-19-22-27/h17-19,21-22H,2-16,20,23-26H2,1H3. The van der Waals surface area contributed by atoms with Crippen molar-refractivity contribution in [2.24, 2.45) is 0 Å². The third kappa shape index (κ3) is 19.6. The van der Waals surface area contributed by atoms with Gasteiger partial charge in [-0.25, -0.2) is 4.79 Å². The summed E-state index contributed by atoms with van der Waals surface area (Å²) in [6.45, 7) is 2.89. The molecule has 0 bridgehead atoms. The molecule has 194 valence electrons. The summed E-state index contributed by atoms with van der Waals surface area (Å²) in [7, 11) is 0. The molecule has 0 aliphatic rings. The smallest absolute Gasteiger partial charge is 0.342 e. The third-order valence-corrected chi connectivity index (χ3v) is 6.01. The van der Waals surface area contributed by atoms with Gasteiger partial charge in [0, 0.05) is 0 Å². The molecule has 1 aromatic rings. The predicted octanol–water partition coefficient (Wildman–Crippen LogP) is 8.25. The number of unbranched alkanes of at least 4 members (excludes halogenated alkanes) is 15. The Morgan fingerprint density at radius 3 is 1.62 bits per heavy atom. The maximum absolute atomic E-state index is 11.7. The zero-order valence-corrected chi connectivity index (χ0v) is 21.6. The third-order valence-electron chi connectivity index (χ3n) is 6.01. The van der Waals surface area contributed by atoms with Crippen LogP contribution >= 0.6 is 0 Å². The van der Waals surface area contributed by atoms with Gasteiger partial charge in [-0.1, -0.05) is 134 Å². The largest absolute Gasteiger partial charge is 0.461 e. The van der Waals surface area contributed by atoms with Crippen molar-refractivity contribution >= 4 is 11.9 Å². The molecule has 0 radical (unpaired) electrons. The van der Waals surface area contributed by atoms with E-state index in [0.29, 0.717) is 6.61 Å². The van der Waals surface area contributed by atoms with Crippen LogP contribution in [0, 0.1) is 0 Å². The molecule has 0 aliphatic carbocycles. The highest BCUT2D eigenvalue weighted by molar-refractivity contribution is 5.77. The van der Waals surface area contributed by atoms with Gasteiger partial charge in [0.2, 0.25) is 0 Å². The Labute approximate surface area is 207 Å². The van der Waals surface area contributed by atoms with Crippen LogP contribution in [0.2, 0.25) is 0 Å². The number of carbonyl (C=O) groups is 2. The summed E-state index contributed by atoms with van der Waals surface area (Å²) >= 11 is 0. The van der Waals surface area contributed by atoms with Crippen LogP contribution in [0.15, 0.2) is 30.3 Å². The number of hydrogen-bond donors (Lipinski definition) is 0. The van der Waals surface area contributed by atoms with E-state index in [0.717, 1.165) is 18.4 Å². The van der Waals surface area contributed by atoms with Gasteiger partial charge in [-0.15, -0.1) is 0 Å². The predicted molar refractivity (Wildman–Crippen MR) is 137 cm³/mol. The maximum atomic E-state index is 11.7. The lowest BCUT2D eigenvalue weighted by atomic mass is 10.0. The van der Waals surface area contributed by atoms with Crippen LogP contribution in [0.25, 0.3) is 0 Å². The second-order valence-electron chi connectivity index (χ2n) is 9.23. The fourth-order valence-electron chi connectivity index (χ4n) is 3.87. The SMILES string of the molecule is CCCCCCCCCCCCCCCCCCOOC(=O)CCC(=O)OCc1ccccc1. The van der Waals surface area contributed by atoms with E-state index in [1.54, 1.807) is 0 Å². The van der Waals surface area contributed by atoms with Crippen molar-refractivity contribution < 1.29 is 24.1 Å². The maximum Gasteiger partial charge on any atom is 0.342 e. The van der Waals surface area contributed by atoms with E-state index in [2.05, 4.69) is 6.92 Å². The highest BCUT2D eigenvalue weighted by Crippen LogP contribution is 2.13. The first-order valence-corrected chi connectivity index (χ1v) is 13.7. The number of rotatable bonds is 23. The Hall–Kier alpha value is -1.88. The molecule has 0 amide bonds. The zero-order chi connectivity index (χ0) is 24.5. The molecule has 5 heteroatoms. The lowest BCUT2D eigenvalue weighted by Gasteiger charge is -2.06. The van der Waals surface area contributed by atoms with E-state index < -0.39 is 11.9 Å². The Morgan fingerprint density at radius 2 is 1.09 bits per heavy atom. The highest BCUT2D eigenvalue weighted by atomic mass is 17.2. The van der Waals surface area contributed by atoms with Crippen LogP contribution in [-0.2, 0) is 30.7 Å². The Balaban J connectivity index is 1.77. The Bertz CT molecular complexity index is 602. The lowest BCUT2D eigenvalue weighted by Crippen LogP contribution is -2.11. The Morgan fingerprint density at radius 1 is 0.618 bits per heavy atom. The lowest BCUT2D eigenvalue weighted by molar-refractivity contribution is -0.272. The monoisotopic (exact) mass is 476 g/mol. The van der Waals surface area contributed by atoms with Crippen LogP contribution in [0.1, 0.15) is 128 Å². The molecule has 1 aromatic carbocycles. The van der Waals surface area contributed by atoms with Crippen molar-refractivity contribution in [1.82, 2.24) is 0 Å². The first kappa shape index (κ1) is 30.2. The molecular formula is C29H48O5. The first-order valence-electron chi connectivity index (χ1n) is 13.7. The average Bonchev–Trinajstić information content (AvgIpc) is 2.86. The van der Waals surface area contributed by atoms with Crippen LogP contribution in [0.5, 0.6) is 0 Å². The number of hydrogen-bond acceptors (Lipinski definition) is 5. The van der Waals surface area contributed by atoms with E-state index in [9.17, 15) is 9.59 Å². The molecule has 0 aliphatic heterocycles. The fraction of sp³-hybridized carbons (Fsp3) is 0.724. The molecule has 5 nitrogen and oxygen atoms in total. The average molecular weight is 477 g/mol. The van der Waals surface area contributed by atoms with Crippen molar-refractivity contribution in [3.8, 4) is 0 Å². The molecule has 34 heavy (non-hydrogen) atoms. The van der Waals surface area contributed by atoms with Crippen molar-refractivity contribution in [3.63, 3.8) is 0 Å². The molecule has 0 unspecified atom stereocenters. The minimum Gasteiger partial charge on any atom is -0.461 e. The molecule has 1 rings (SSSR count). The summed E-state index contributed by atoms with van der Waals surface area (Å²) in [6.07, 6.45) is 21.0. The molecule has 0 N–H and O–H groups in total. The van der Waals surface area contributed by atoms with Crippen LogP contribution < -0.4 is 0 Å². The number of carbonyl (C=O) groups excluding carboxylic acids is 2. The molecule has 0 fully saturated rings. The van der Waals surface area contributed by atoms with Crippen molar-refractivity contribution in [1.29, 1.82) is 0 Å². The topological polar surface area (TPSA) is 61.8 Å². The second-order valence-corrected chi connectivity index (χ2v) is 9.23. The number of ether oxygens (including phenoxy) is 1. The van der Waals surface area contributed by atoms with Crippen molar-refractivity contribution in [2.75, 3.05) is 6.61 Å². The zero-order valence-electron chi connectivity index (χ0n) is 21.6. The van der Waals surface area contributed by atoms with Gasteiger partial charge >= 0.3 is 11.9 Å². The number of benzene rings is 1. The van der Waals surface area contributed by atoms with Crippen LogP contribution in [-0.4, -0.2) is 18.5 Å². The van der Waals surface area contributed by atoms with E-state index in [1.165, 1.54) is 89.9 Å². The van der Waals surface area contributed by atoms with Gasteiger partial charge in [0.05, 0.1) is 19.4 Å². The fourth-order valence-corrected chi connectivity index (χ4v) is 3.87. The molecule has 0 saturated carbocycles. The van der Waals surface area contributed by atoms with E-state index in [1.807, 2.05) is 30.3 Å². The molecule has 0 atom stereocenters. The van der Waals surface area contributed by atoms with Crippen LogP contribution in [0.3, 0.4) is 0 Å². The van der Waals surface area contributed by atoms with E-state index in [4.69, 9.17) is 14.5 Å². The van der Waals surface area contributed by atoms with Crippen molar-refractivity contribution in [2.45, 2.75) is 129 Å². The normalized spacial score (nSPS) is 10.9. The Kier molecular flexibility index (Phi) is 20.3. The quantitative estimate of drug-likeness (QED) is 0.0688. The van der Waals surface area contributed by atoms with Gasteiger partial charge in [0.15, 0.2) is 0 Å². The molecule has 0 saturated heterocycles. The van der Waals surface area contributed by atoms with Crippen LogP contribution in [0.4, 0.5) is 0 Å². The molecular weight excluding hydrogens is 428 g/mol. The minimum absolute atomic E-state index is 0.00588. The van der Waals surface area contributed by atoms with E-state index >= 15 is 0 Å². The molecule has 0 spiro atoms. The van der Waals surface area contributed by atoms with Gasteiger partial charge in [-0.2, -0.15) is 4.89 Å². The summed E-state index contributed by atoms with van der Waals surface area (Å²) in [5, 5.41) is 0.